The number of alkyl halides is 6. The van der Waals surface area contributed by atoms with E-state index in [1.807, 2.05) is 13.8 Å². The summed E-state index contributed by atoms with van der Waals surface area (Å²) in [6.45, 7) is 4.46. The van der Waals surface area contributed by atoms with E-state index in [1.54, 1.807) is 0 Å². The number of amides is 2. The Morgan fingerprint density at radius 3 is 2.06 bits per heavy atom. The van der Waals surface area contributed by atoms with E-state index >= 15 is 0 Å². The lowest BCUT2D eigenvalue weighted by atomic mass is 9.93. The van der Waals surface area contributed by atoms with Crippen molar-refractivity contribution in [3.63, 3.8) is 0 Å². The van der Waals surface area contributed by atoms with Gasteiger partial charge in [-0.25, -0.2) is 0 Å². The predicted molar refractivity (Wildman–Crippen MR) is 116 cm³/mol. The van der Waals surface area contributed by atoms with Gasteiger partial charge in [-0.15, -0.1) is 0 Å². The highest BCUT2D eigenvalue weighted by atomic mass is 19.4. The molecule has 0 radical (unpaired) electrons. The van der Waals surface area contributed by atoms with Crippen molar-refractivity contribution in [3.05, 3.63) is 34.9 Å². The van der Waals surface area contributed by atoms with Crippen molar-refractivity contribution in [2.24, 2.45) is 5.92 Å². The smallest absolute Gasteiger partial charge is 0.400 e. The average molecular weight is 532 g/mol. The first-order valence-electron chi connectivity index (χ1n) is 10.5. The minimum absolute atomic E-state index is 0.180. The topological polar surface area (TPSA) is 128 Å². The summed E-state index contributed by atoms with van der Waals surface area (Å²) in [5.41, 5.74) is -3.70. The molecule has 0 saturated carbocycles. The van der Waals surface area contributed by atoms with Gasteiger partial charge in [0.15, 0.2) is 11.4 Å². The first-order valence-corrected chi connectivity index (χ1v) is 10.5. The molecule has 1 aliphatic rings. The number of nitrogens with one attached hydrogen (secondary N) is 2. The molecular weight excluding hydrogens is 502 g/mol. The third-order valence-electron chi connectivity index (χ3n) is 4.76. The van der Waals surface area contributed by atoms with Crippen molar-refractivity contribution >= 4 is 18.1 Å². The Bertz CT molecular complexity index is 870. The molecule has 1 heterocycles. The number of ketones is 1. The predicted octanol–water partition coefficient (Wildman–Crippen LogP) is 2.23. The first-order chi connectivity index (χ1) is 16.6. The molecule has 2 amide bonds. The van der Waals surface area contributed by atoms with Gasteiger partial charge in [0.25, 0.3) is 0 Å². The van der Waals surface area contributed by atoms with Crippen LogP contribution in [-0.4, -0.2) is 66.8 Å². The second-order valence-electron chi connectivity index (χ2n) is 8.08. The molecule has 14 heteroatoms. The van der Waals surface area contributed by atoms with Gasteiger partial charge in [-0.1, -0.05) is 13.8 Å². The van der Waals surface area contributed by atoms with Crippen LogP contribution in [0, 0.1) is 12.8 Å². The molecule has 0 aromatic heterocycles. The number of aryl methyl sites for hydroxylation is 1. The van der Waals surface area contributed by atoms with Crippen LogP contribution in [0.4, 0.5) is 26.3 Å². The largest absolute Gasteiger partial charge is 0.416 e. The first kappa shape index (κ1) is 33.3. The van der Waals surface area contributed by atoms with E-state index in [1.165, 1.54) is 0 Å². The summed E-state index contributed by atoms with van der Waals surface area (Å²) >= 11 is 0. The lowest BCUT2D eigenvalue weighted by molar-refractivity contribution is -0.141. The number of benzene rings is 1. The molecule has 2 unspecified atom stereocenters. The number of carbonyl (C=O) groups is 3. The molecule has 8 nitrogen and oxygen atoms in total. The van der Waals surface area contributed by atoms with Gasteiger partial charge < -0.3 is 25.6 Å². The SMILES string of the molecule is CC(C)CC(NC(=O)CNC=O)C(=O)C1(CO)CO1.CO.Cc1cc(C(F)(F)F)ccc1C(F)(F)F. The standard InChI is InChI=1S/C12H20N2O5.C9H6F6.CH4O/c1-8(2)3-9(14-10(17)4-13-7-16)11(18)12(5-15)6-19-12;1-5-4-6(8(10,11)12)2-3-7(5)9(13,14)15;1-2/h7-9,15H,3-6H2,1-2H3,(H,13,16)(H,14,17);2-4H,1H3;2H,1H3. The normalized spacial score (nSPS) is 17.6. The second kappa shape index (κ2) is 14.1. The van der Waals surface area contributed by atoms with Gasteiger partial charge in [0.2, 0.25) is 12.3 Å². The van der Waals surface area contributed by atoms with Crippen LogP contribution in [0.25, 0.3) is 0 Å². The molecule has 0 spiro atoms. The Labute approximate surface area is 204 Å². The van der Waals surface area contributed by atoms with Gasteiger partial charge in [0, 0.05) is 7.11 Å². The average Bonchev–Trinajstić information content (AvgIpc) is 3.58. The maximum Gasteiger partial charge on any atom is 0.416 e. The van der Waals surface area contributed by atoms with Crippen molar-refractivity contribution < 1.29 is 55.7 Å². The van der Waals surface area contributed by atoms with Crippen LogP contribution in [0.1, 0.15) is 37.0 Å². The molecule has 2 rings (SSSR count). The Kier molecular flexibility index (Phi) is 13.1. The number of aliphatic hydroxyl groups excluding tert-OH is 2. The van der Waals surface area contributed by atoms with E-state index < -0.39 is 46.6 Å². The van der Waals surface area contributed by atoms with E-state index in [4.69, 9.17) is 14.9 Å². The minimum Gasteiger partial charge on any atom is -0.400 e. The third kappa shape index (κ3) is 10.5. The summed E-state index contributed by atoms with van der Waals surface area (Å²) in [4.78, 5) is 33.9. The zero-order valence-corrected chi connectivity index (χ0v) is 20.1. The van der Waals surface area contributed by atoms with Gasteiger partial charge in [0.05, 0.1) is 36.9 Å². The quantitative estimate of drug-likeness (QED) is 0.220. The van der Waals surface area contributed by atoms with Crippen molar-refractivity contribution in [2.75, 3.05) is 26.9 Å². The van der Waals surface area contributed by atoms with Gasteiger partial charge in [-0.3, -0.25) is 14.4 Å². The highest BCUT2D eigenvalue weighted by Gasteiger charge is 2.54. The number of aliphatic hydroxyl groups is 2. The number of epoxide rings is 1. The minimum atomic E-state index is -4.62. The number of hydrogen-bond acceptors (Lipinski definition) is 6. The summed E-state index contributed by atoms with van der Waals surface area (Å²) in [6, 6.07) is 0.646. The van der Waals surface area contributed by atoms with Crippen molar-refractivity contribution in [1.82, 2.24) is 10.6 Å². The number of rotatable bonds is 9. The summed E-state index contributed by atoms with van der Waals surface area (Å²) < 4.78 is 77.9. The molecule has 0 bridgehead atoms. The summed E-state index contributed by atoms with van der Waals surface area (Å²) in [7, 11) is 1.00. The molecule has 1 saturated heterocycles. The summed E-state index contributed by atoms with van der Waals surface area (Å²) in [6.07, 6.45) is -8.36. The fraction of sp³-hybridized carbons (Fsp3) is 0.591. The van der Waals surface area contributed by atoms with E-state index in [2.05, 4.69) is 10.6 Å². The number of halogens is 6. The van der Waals surface area contributed by atoms with Crippen molar-refractivity contribution in [2.45, 2.75) is 51.2 Å². The van der Waals surface area contributed by atoms with Gasteiger partial charge in [-0.2, -0.15) is 26.3 Å². The number of hydrogen-bond donors (Lipinski definition) is 4. The van der Waals surface area contributed by atoms with Crippen LogP contribution in [0.2, 0.25) is 0 Å². The van der Waals surface area contributed by atoms with Crippen LogP contribution < -0.4 is 10.6 Å². The molecule has 2 atom stereocenters. The maximum atomic E-state index is 12.2. The van der Waals surface area contributed by atoms with E-state index in [0.29, 0.717) is 31.0 Å². The molecule has 4 N–H and O–H groups in total. The Morgan fingerprint density at radius 1 is 1.14 bits per heavy atom. The molecular formula is C22H30F6N2O6. The van der Waals surface area contributed by atoms with Crippen LogP contribution in [0.3, 0.4) is 0 Å². The van der Waals surface area contributed by atoms with Crippen molar-refractivity contribution in [1.29, 1.82) is 0 Å². The van der Waals surface area contributed by atoms with Crippen LogP contribution >= 0.6 is 0 Å². The van der Waals surface area contributed by atoms with Crippen LogP contribution in [0.15, 0.2) is 18.2 Å². The molecule has 1 aromatic carbocycles. The van der Waals surface area contributed by atoms with Gasteiger partial charge >= 0.3 is 12.4 Å². The van der Waals surface area contributed by atoms with Gasteiger partial charge in [0.1, 0.15) is 0 Å². The van der Waals surface area contributed by atoms with E-state index in [0.717, 1.165) is 14.0 Å². The molecule has 36 heavy (non-hydrogen) atoms. The fourth-order valence-electron chi connectivity index (χ4n) is 2.96. The summed E-state index contributed by atoms with van der Waals surface area (Å²) in [5.74, 6) is -0.564. The van der Waals surface area contributed by atoms with Crippen LogP contribution in [-0.2, 0) is 31.5 Å². The molecule has 0 aliphatic carbocycles. The summed E-state index contributed by atoms with van der Waals surface area (Å²) in [5, 5.41) is 21.0. The molecule has 1 aliphatic heterocycles. The fourth-order valence-corrected chi connectivity index (χ4v) is 2.96. The Hall–Kier alpha value is -2.71. The monoisotopic (exact) mass is 532 g/mol. The molecule has 1 aromatic rings. The van der Waals surface area contributed by atoms with Gasteiger partial charge in [-0.05, 0) is 43.0 Å². The van der Waals surface area contributed by atoms with Crippen LogP contribution in [0.5, 0.6) is 0 Å². The third-order valence-corrected chi connectivity index (χ3v) is 4.76. The second-order valence-corrected chi connectivity index (χ2v) is 8.08. The Balaban J connectivity index is 0.000000651. The highest BCUT2D eigenvalue weighted by molar-refractivity contribution is 5.97. The zero-order valence-electron chi connectivity index (χ0n) is 20.1. The number of carbonyl (C=O) groups excluding carboxylic acids is 3. The molecule has 206 valence electrons. The van der Waals surface area contributed by atoms with E-state index in [-0.39, 0.29) is 31.5 Å². The van der Waals surface area contributed by atoms with E-state index in [9.17, 15) is 40.7 Å². The number of Topliss-reactive ketones (excluding diaryl/α,β-unsaturated/α-hetero) is 1. The molecule has 1 fully saturated rings. The lowest BCUT2D eigenvalue weighted by Crippen LogP contribution is -2.50. The zero-order chi connectivity index (χ0) is 28.3. The maximum absolute atomic E-state index is 12.2. The van der Waals surface area contributed by atoms with Crippen molar-refractivity contribution in [3.8, 4) is 0 Å². The Morgan fingerprint density at radius 2 is 1.69 bits per heavy atom. The lowest BCUT2D eigenvalue weighted by Gasteiger charge is -2.21. The number of ether oxygens (including phenoxy) is 1. The highest BCUT2D eigenvalue weighted by Crippen LogP contribution is 2.36.